The minimum Gasteiger partial charge on any atom is -0.452 e. The SMILES string of the molecule is CCCC(CC)CC1CC(c2ccc3c(c2)N(C(=O)OC2CCCNC2)C[C@H](C)N3C(=O)OC)CN1. The van der Waals surface area contributed by atoms with Gasteiger partial charge in [0, 0.05) is 19.1 Å². The van der Waals surface area contributed by atoms with Gasteiger partial charge in [0.25, 0.3) is 0 Å². The summed E-state index contributed by atoms with van der Waals surface area (Å²) in [6.45, 7) is 9.43. The Morgan fingerprint density at radius 3 is 2.69 bits per heavy atom. The molecule has 0 aliphatic carbocycles. The second-order valence-corrected chi connectivity index (χ2v) is 10.7. The van der Waals surface area contributed by atoms with Crippen LogP contribution in [0.4, 0.5) is 21.0 Å². The van der Waals surface area contributed by atoms with Crippen LogP contribution < -0.4 is 20.4 Å². The van der Waals surface area contributed by atoms with Crippen LogP contribution in [0.5, 0.6) is 0 Å². The van der Waals surface area contributed by atoms with Crippen molar-refractivity contribution in [2.45, 2.75) is 89.8 Å². The molecule has 3 aliphatic heterocycles. The van der Waals surface area contributed by atoms with Crippen LogP contribution in [0, 0.1) is 5.92 Å². The number of methoxy groups -OCH3 is 1. The molecule has 4 unspecified atom stereocenters. The topological polar surface area (TPSA) is 83.1 Å². The Kier molecular flexibility index (Phi) is 9.12. The summed E-state index contributed by atoms with van der Waals surface area (Å²) < 4.78 is 11.0. The quantitative estimate of drug-likeness (QED) is 0.547. The summed E-state index contributed by atoms with van der Waals surface area (Å²) >= 11 is 0. The number of benzene rings is 1. The molecule has 200 valence electrons. The number of piperidine rings is 1. The summed E-state index contributed by atoms with van der Waals surface area (Å²) in [5.74, 6) is 1.15. The van der Waals surface area contributed by atoms with Gasteiger partial charge in [-0.05, 0) is 68.7 Å². The Morgan fingerprint density at radius 2 is 2.00 bits per heavy atom. The third kappa shape index (κ3) is 5.97. The Morgan fingerprint density at radius 1 is 1.17 bits per heavy atom. The first-order valence-corrected chi connectivity index (χ1v) is 13.9. The molecule has 2 fully saturated rings. The maximum absolute atomic E-state index is 13.4. The third-order valence-electron chi connectivity index (χ3n) is 8.13. The third-order valence-corrected chi connectivity index (χ3v) is 8.13. The van der Waals surface area contributed by atoms with Gasteiger partial charge in [0.15, 0.2) is 0 Å². The van der Waals surface area contributed by atoms with Crippen molar-refractivity contribution < 1.29 is 19.1 Å². The van der Waals surface area contributed by atoms with E-state index in [1.54, 1.807) is 9.80 Å². The first kappa shape index (κ1) is 26.7. The van der Waals surface area contributed by atoms with E-state index < -0.39 is 6.09 Å². The lowest BCUT2D eigenvalue weighted by molar-refractivity contribution is 0.0876. The van der Waals surface area contributed by atoms with E-state index in [4.69, 9.17) is 9.47 Å². The molecule has 0 radical (unpaired) electrons. The van der Waals surface area contributed by atoms with Gasteiger partial charge in [-0.15, -0.1) is 0 Å². The number of anilines is 2. The normalized spacial score (nSPS) is 26.9. The maximum atomic E-state index is 13.4. The molecule has 1 aromatic carbocycles. The highest BCUT2D eigenvalue weighted by atomic mass is 16.6. The van der Waals surface area contributed by atoms with E-state index in [0.717, 1.165) is 44.0 Å². The van der Waals surface area contributed by atoms with Crippen LogP contribution in [-0.4, -0.2) is 63.7 Å². The lowest BCUT2D eigenvalue weighted by Gasteiger charge is -2.40. The fourth-order valence-corrected chi connectivity index (χ4v) is 6.12. The van der Waals surface area contributed by atoms with Crippen molar-refractivity contribution in [2.75, 3.05) is 43.1 Å². The minimum atomic E-state index is -0.412. The van der Waals surface area contributed by atoms with Gasteiger partial charge in [0.2, 0.25) is 0 Å². The lowest BCUT2D eigenvalue weighted by Crippen LogP contribution is -2.53. The van der Waals surface area contributed by atoms with E-state index in [1.807, 2.05) is 13.0 Å². The van der Waals surface area contributed by atoms with Crippen LogP contribution in [0.2, 0.25) is 0 Å². The molecule has 2 saturated heterocycles. The van der Waals surface area contributed by atoms with Gasteiger partial charge in [-0.25, -0.2) is 9.59 Å². The van der Waals surface area contributed by atoms with Crippen molar-refractivity contribution >= 4 is 23.6 Å². The molecule has 8 heteroatoms. The fraction of sp³-hybridized carbons (Fsp3) is 0.714. The molecular formula is C28H44N4O4. The van der Waals surface area contributed by atoms with Crippen LogP contribution in [0.3, 0.4) is 0 Å². The van der Waals surface area contributed by atoms with E-state index in [-0.39, 0.29) is 18.2 Å². The standard InChI is InChI=1S/C28H44N4O4/c1-5-8-20(6-2)13-23-14-22(16-30-23)21-10-11-25-26(15-21)31(18-19(3)32(25)28(34)35-4)27(33)36-24-9-7-12-29-17-24/h10-11,15,19-20,22-24,29-30H,5-9,12-14,16-18H2,1-4H3/t19-,20?,22?,23?,24?/m0/s1. The summed E-state index contributed by atoms with van der Waals surface area (Å²) in [5, 5.41) is 7.05. The number of nitrogens with zero attached hydrogens (tertiary/aromatic N) is 2. The molecule has 1 aromatic rings. The molecule has 3 heterocycles. The molecule has 5 atom stereocenters. The van der Waals surface area contributed by atoms with Crippen LogP contribution in [0.1, 0.15) is 77.2 Å². The Hall–Kier alpha value is -2.32. The molecule has 3 aliphatic rings. The molecule has 36 heavy (non-hydrogen) atoms. The molecule has 8 nitrogen and oxygen atoms in total. The van der Waals surface area contributed by atoms with E-state index in [9.17, 15) is 9.59 Å². The molecule has 0 spiro atoms. The highest BCUT2D eigenvalue weighted by Crippen LogP contribution is 2.40. The van der Waals surface area contributed by atoms with Gasteiger partial charge in [0.05, 0.1) is 31.1 Å². The predicted octanol–water partition coefficient (Wildman–Crippen LogP) is 5.02. The summed E-state index contributed by atoms with van der Waals surface area (Å²) in [6.07, 6.45) is 7.04. The van der Waals surface area contributed by atoms with Gasteiger partial charge in [0.1, 0.15) is 6.10 Å². The highest BCUT2D eigenvalue weighted by Gasteiger charge is 2.38. The number of ether oxygens (including phenoxy) is 2. The zero-order valence-corrected chi connectivity index (χ0v) is 22.4. The van der Waals surface area contributed by atoms with Crippen molar-refractivity contribution in [3.05, 3.63) is 23.8 Å². The van der Waals surface area contributed by atoms with E-state index in [0.29, 0.717) is 30.7 Å². The van der Waals surface area contributed by atoms with Gasteiger partial charge < -0.3 is 20.1 Å². The second kappa shape index (κ2) is 12.3. The smallest absolute Gasteiger partial charge is 0.414 e. The number of hydrogen-bond donors (Lipinski definition) is 2. The summed E-state index contributed by atoms with van der Waals surface area (Å²) in [5.41, 5.74) is 2.62. The van der Waals surface area contributed by atoms with Gasteiger partial charge >= 0.3 is 12.2 Å². The summed E-state index contributed by atoms with van der Waals surface area (Å²) in [6, 6.07) is 6.47. The van der Waals surface area contributed by atoms with Crippen molar-refractivity contribution in [2.24, 2.45) is 5.92 Å². The molecule has 2 N–H and O–H groups in total. The average molecular weight is 501 g/mol. The van der Waals surface area contributed by atoms with Crippen molar-refractivity contribution in [1.82, 2.24) is 10.6 Å². The zero-order chi connectivity index (χ0) is 25.7. The molecule has 0 aromatic heterocycles. The maximum Gasteiger partial charge on any atom is 0.414 e. The number of hydrogen-bond acceptors (Lipinski definition) is 6. The van der Waals surface area contributed by atoms with Crippen molar-refractivity contribution in [1.29, 1.82) is 0 Å². The molecular weight excluding hydrogens is 456 g/mol. The van der Waals surface area contributed by atoms with E-state index in [2.05, 4.69) is 36.6 Å². The minimum absolute atomic E-state index is 0.124. The number of amides is 2. The first-order chi connectivity index (χ1) is 17.4. The fourth-order valence-electron chi connectivity index (χ4n) is 6.12. The van der Waals surface area contributed by atoms with E-state index >= 15 is 0 Å². The number of carbonyl (C=O) groups is 2. The van der Waals surface area contributed by atoms with E-state index in [1.165, 1.54) is 38.4 Å². The molecule has 0 bridgehead atoms. The van der Waals surface area contributed by atoms with Gasteiger partial charge in [-0.3, -0.25) is 9.80 Å². The second-order valence-electron chi connectivity index (χ2n) is 10.7. The molecule has 4 rings (SSSR count). The van der Waals surface area contributed by atoms with Gasteiger partial charge in [-0.1, -0.05) is 39.2 Å². The Labute approximate surface area is 216 Å². The predicted molar refractivity (Wildman–Crippen MR) is 143 cm³/mol. The van der Waals surface area contributed by atoms with Crippen molar-refractivity contribution in [3.8, 4) is 0 Å². The zero-order valence-electron chi connectivity index (χ0n) is 22.4. The average Bonchev–Trinajstić information content (AvgIpc) is 3.36. The highest BCUT2D eigenvalue weighted by molar-refractivity contribution is 6.01. The van der Waals surface area contributed by atoms with Crippen LogP contribution in [0.25, 0.3) is 0 Å². The number of nitrogens with one attached hydrogen (secondary N) is 2. The first-order valence-electron chi connectivity index (χ1n) is 13.9. The van der Waals surface area contributed by atoms with Crippen LogP contribution in [0.15, 0.2) is 18.2 Å². The van der Waals surface area contributed by atoms with Gasteiger partial charge in [-0.2, -0.15) is 0 Å². The number of fused-ring (bicyclic) bond motifs is 1. The van der Waals surface area contributed by atoms with Crippen molar-refractivity contribution in [3.63, 3.8) is 0 Å². The summed E-state index contributed by atoms with van der Waals surface area (Å²) in [7, 11) is 1.40. The van der Waals surface area contributed by atoms with Crippen LogP contribution >= 0.6 is 0 Å². The largest absolute Gasteiger partial charge is 0.452 e. The summed E-state index contributed by atoms with van der Waals surface area (Å²) in [4.78, 5) is 29.4. The van der Waals surface area contributed by atoms with Crippen LogP contribution in [-0.2, 0) is 9.47 Å². The molecule has 2 amide bonds. The Balaban J connectivity index is 1.56. The number of carbonyl (C=O) groups excluding carboxylic acids is 2. The Bertz CT molecular complexity index is 904. The monoisotopic (exact) mass is 500 g/mol. The number of rotatable bonds is 7. The molecule has 0 saturated carbocycles. The lowest BCUT2D eigenvalue weighted by atomic mass is 9.89.